The molecule has 116 valence electrons. The maximum atomic E-state index is 14.2. The van der Waals surface area contributed by atoms with Crippen molar-refractivity contribution in [1.82, 2.24) is 4.90 Å². The normalized spacial score (nSPS) is 18.7. The van der Waals surface area contributed by atoms with Gasteiger partial charge in [0.05, 0.1) is 6.04 Å². The van der Waals surface area contributed by atoms with Crippen molar-refractivity contribution in [2.45, 2.75) is 43.8 Å². The summed E-state index contributed by atoms with van der Waals surface area (Å²) < 4.78 is 28.3. The van der Waals surface area contributed by atoms with Gasteiger partial charge in [0.2, 0.25) is 0 Å². The van der Waals surface area contributed by atoms with E-state index in [-0.39, 0.29) is 18.6 Å². The molecule has 4 nitrogen and oxygen atoms in total. The van der Waals surface area contributed by atoms with Crippen LogP contribution in [0, 0.1) is 0 Å². The van der Waals surface area contributed by atoms with E-state index in [1.165, 1.54) is 19.2 Å². The van der Waals surface area contributed by atoms with E-state index in [1.54, 1.807) is 19.1 Å². The topological polar surface area (TPSA) is 60.8 Å². The first-order chi connectivity index (χ1) is 9.69. The minimum atomic E-state index is -3.80. The molecule has 1 unspecified atom stereocenters. The molecule has 1 aliphatic rings. The molecule has 0 aliphatic heterocycles. The van der Waals surface area contributed by atoms with Crippen LogP contribution < -0.4 is 0 Å². The van der Waals surface area contributed by atoms with Crippen molar-refractivity contribution < 1.29 is 23.8 Å². The van der Waals surface area contributed by atoms with Crippen LogP contribution in [0.15, 0.2) is 24.3 Å². The van der Waals surface area contributed by atoms with E-state index < -0.39 is 23.5 Å². The lowest BCUT2D eigenvalue weighted by Crippen LogP contribution is -2.61. The Bertz CT molecular complexity index is 543. The summed E-state index contributed by atoms with van der Waals surface area (Å²) in [5.41, 5.74) is -1.68. The van der Waals surface area contributed by atoms with Crippen molar-refractivity contribution >= 4 is 5.91 Å². The van der Waals surface area contributed by atoms with Crippen LogP contribution in [0.2, 0.25) is 0 Å². The smallest absolute Gasteiger partial charge is 0.352 e. The van der Waals surface area contributed by atoms with Crippen molar-refractivity contribution in [2.24, 2.45) is 0 Å². The van der Waals surface area contributed by atoms with E-state index in [0.717, 1.165) is 4.90 Å². The molecule has 0 heterocycles. The van der Waals surface area contributed by atoms with Crippen molar-refractivity contribution in [2.75, 3.05) is 7.05 Å². The van der Waals surface area contributed by atoms with Gasteiger partial charge >= 0.3 is 5.92 Å². The Morgan fingerprint density at radius 1 is 1.43 bits per heavy atom. The molecule has 6 heteroatoms. The van der Waals surface area contributed by atoms with Crippen LogP contribution in [-0.2, 0) is 4.79 Å². The number of phenolic OH excluding ortho intramolecular Hbond substituents is 1. The average Bonchev–Trinajstić information content (AvgIpc) is 2.42. The largest absolute Gasteiger partial charge is 0.508 e. The molecule has 21 heavy (non-hydrogen) atoms. The van der Waals surface area contributed by atoms with Crippen molar-refractivity contribution in [3.63, 3.8) is 0 Å². The molecule has 2 N–H and O–H groups in total. The lowest BCUT2D eigenvalue weighted by molar-refractivity contribution is -0.223. The second kappa shape index (κ2) is 5.26. The van der Waals surface area contributed by atoms with Gasteiger partial charge < -0.3 is 15.1 Å². The van der Waals surface area contributed by atoms with Gasteiger partial charge in [0.25, 0.3) is 5.91 Å². The van der Waals surface area contributed by atoms with E-state index in [9.17, 15) is 23.8 Å². The average molecular weight is 299 g/mol. The van der Waals surface area contributed by atoms with Gasteiger partial charge in [-0.1, -0.05) is 12.1 Å². The molecule has 0 aromatic heterocycles. The van der Waals surface area contributed by atoms with Crippen LogP contribution in [0.1, 0.15) is 37.8 Å². The lowest BCUT2D eigenvalue weighted by Gasteiger charge is -2.43. The van der Waals surface area contributed by atoms with Crippen molar-refractivity contribution in [1.29, 1.82) is 0 Å². The second-order valence-electron chi connectivity index (χ2n) is 5.65. The van der Waals surface area contributed by atoms with Crippen LogP contribution in [0.25, 0.3) is 0 Å². The molecule has 1 fully saturated rings. The summed E-state index contributed by atoms with van der Waals surface area (Å²) in [7, 11) is 1.27. The van der Waals surface area contributed by atoms with Crippen LogP contribution in [0.3, 0.4) is 0 Å². The van der Waals surface area contributed by atoms with E-state index >= 15 is 0 Å². The van der Waals surface area contributed by atoms with E-state index in [4.69, 9.17) is 0 Å². The first-order valence-corrected chi connectivity index (χ1v) is 6.85. The molecule has 0 radical (unpaired) electrons. The maximum Gasteiger partial charge on any atom is 0.352 e. The lowest BCUT2D eigenvalue weighted by atomic mass is 9.75. The third-order valence-electron chi connectivity index (χ3n) is 4.29. The number of halogens is 2. The highest BCUT2D eigenvalue weighted by molar-refractivity contribution is 5.85. The predicted octanol–water partition coefficient (Wildman–Crippen LogP) is 2.46. The fraction of sp³-hybridized carbons (Fsp3) is 0.533. The molecule has 1 amide bonds. The summed E-state index contributed by atoms with van der Waals surface area (Å²) in [6, 6.07) is 5.47. The zero-order valence-electron chi connectivity index (χ0n) is 12.0. The minimum Gasteiger partial charge on any atom is -0.508 e. The molecule has 0 spiro atoms. The number of hydrogen-bond donors (Lipinski definition) is 2. The first kappa shape index (κ1) is 15.7. The molecule has 1 atom stereocenters. The molecule has 1 aromatic rings. The highest BCUT2D eigenvalue weighted by atomic mass is 19.3. The fourth-order valence-electron chi connectivity index (χ4n) is 2.43. The van der Waals surface area contributed by atoms with Crippen molar-refractivity contribution in [3.05, 3.63) is 29.8 Å². The number of aliphatic hydroxyl groups is 1. The third-order valence-corrected chi connectivity index (χ3v) is 4.29. The van der Waals surface area contributed by atoms with Gasteiger partial charge in [-0.15, -0.1) is 0 Å². The summed E-state index contributed by atoms with van der Waals surface area (Å²) in [6.07, 6.45) is 0.353. The van der Waals surface area contributed by atoms with Gasteiger partial charge in [-0.25, -0.2) is 0 Å². The minimum absolute atomic E-state index is 0.00424. The van der Waals surface area contributed by atoms with E-state index in [2.05, 4.69) is 0 Å². The number of amides is 1. The maximum absolute atomic E-state index is 14.2. The molecule has 0 bridgehead atoms. The monoisotopic (exact) mass is 299 g/mol. The third kappa shape index (κ3) is 2.60. The number of nitrogens with zero attached hydrogens (tertiary/aromatic N) is 1. The molecule has 2 rings (SSSR count). The zero-order valence-corrected chi connectivity index (χ0v) is 12.0. The van der Waals surface area contributed by atoms with E-state index in [0.29, 0.717) is 12.0 Å². The number of alkyl halides is 2. The Labute approximate surface area is 122 Å². The zero-order chi connectivity index (χ0) is 15.8. The first-order valence-electron chi connectivity index (χ1n) is 6.85. The van der Waals surface area contributed by atoms with Crippen LogP contribution in [0.5, 0.6) is 5.75 Å². The summed E-state index contributed by atoms with van der Waals surface area (Å²) in [6.45, 7) is 1.59. The molecule has 1 saturated carbocycles. The Kier molecular flexibility index (Phi) is 3.93. The van der Waals surface area contributed by atoms with Gasteiger partial charge in [0.1, 0.15) is 11.4 Å². The van der Waals surface area contributed by atoms with Crippen LogP contribution >= 0.6 is 0 Å². The number of carbonyl (C=O) groups excluding carboxylic acids is 1. The van der Waals surface area contributed by atoms with Gasteiger partial charge in [-0.05, 0) is 43.9 Å². The molecular formula is C15H19F2NO3. The van der Waals surface area contributed by atoms with Gasteiger partial charge in [0.15, 0.2) is 0 Å². The Morgan fingerprint density at radius 2 is 2.05 bits per heavy atom. The number of aromatic hydroxyl groups is 1. The number of rotatable bonds is 4. The number of phenols is 1. The number of benzene rings is 1. The highest BCUT2D eigenvalue weighted by Crippen LogP contribution is 2.45. The summed E-state index contributed by atoms with van der Waals surface area (Å²) in [5.74, 6) is -5.20. The molecule has 1 aromatic carbocycles. The molecular weight excluding hydrogens is 280 g/mol. The number of carbonyl (C=O) groups is 1. The Morgan fingerprint density at radius 3 is 2.52 bits per heavy atom. The van der Waals surface area contributed by atoms with Gasteiger partial charge in [-0.2, -0.15) is 8.78 Å². The van der Waals surface area contributed by atoms with Crippen LogP contribution in [0.4, 0.5) is 8.78 Å². The predicted molar refractivity (Wildman–Crippen MR) is 73.0 cm³/mol. The van der Waals surface area contributed by atoms with Crippen LogP contribution in [-0.4, -0.2) is 39.6 Å². The summed E-state index contributed by atoms with van der Waals surface area (Å²) >= 11 is 0. The van der Waals surface area contributed by atoms with E-state index in [1.807, 2.05) is 0 Å². The van der Waals surface area contributed by atoms with Gasteiger partial charge in [-0.3, -0.25) is 4.79 Å². The standard InChI is InChI=1S/C15H19F2NO3/c1-10(11-5-3-6-12(19)9-11)18(2)13(20)15(16,17)14(21)7-4-8-14/h3,5-6,9-10,19,21H,4,7-8H2,1-2H3. The summed E-state index contributed by atoms with van der Waals surface area (Å²) in [4.78, 5) is 13.0. The Hall–Kier alpha value is -1.69. The molecule has 1 aliphatic carbocycles. The quantitative estimate of drug-likeness (QED) is 0.898. The molecule has 0 saturated heterocycles. The highest BCUT2D eigenvalue weighted by Gasteiger charge is 2.62. The van der Waals surface area contributed by atoms with Gasteiger partial charge in [0, 0.05) is 7.05 Å². The summed E-state index contributed by atoms with van der Waals surface area (Å²) in [5, 5.41) is 19.2. The SMILES string of the molecule is CC(c1cccc(O)c1)N(C)C(=O)C(F)(F)C1(O)CCC1. The number of hydrogen-bond acceptors (Lipinski definition) is 3. The van der Waals surface area contributed by atoms with Crippen molar-refractivity contribution in [3.8, 4) is 5.75 Å². The second-order valence-corrected chi connectivity index (χ2v) is 5.65. The Balaban J connectivity index is 2.19. The fourth-order valence-corrected chi connectivity index (χ4v) is 2.43.